The molecule has 0 radical (unpaired) electrons. The maximum absolute atomic E-state index is 13.5. The predicted molar refractivity (Wildman–Crippen MR) is 81.8 cm³/mol. The molecule has 0 saturated carbocycles. The van der Waals surface area contributed by atoms with Crippen LogP contribution >= 0.6 is 11.6 Å². The van der Waals surface area contributed by atoms with E-state index in [2.05, 4.69) is 4.90 Å². The average Bonchev–Trinajstić information content (AvgIpc) is 2.80. The van der Waals surface area contributed by atoms with Crippen LogP contribution < -0.4 is 0 Å². The molecule has 0 N–H and O–H groups in total. The van der Waals surface area contributed by atoms with Crippen molar-refractivity contribution in [3.05, 3.63) is 34.6 Å². The SMILES string of the molecule is CN1[C@@H]2CN(Cc3ccc(Cl)c(F)c3)C[C@@H]2OCCS1(=O)=O. The number of likely N-dealkylation sites (tertiary alicyclic amines) is 1. The largest absolute Gasteiger partial charge is 0.374 e. The Morgan fingerprint density at radius 1 is 1.41 bits per heavy atom. The lowest BCUT2D eigenvalue weighted by Gasteiger charge is -2.24. The van der Waals surface area contributed by atoms with Crippen molar-refractivity contribution in [3.8, 4) is 0 Å². The minimum Gasteiger partial charge on any atom is -0.374 e. The molecule has 122 valence electrons. The van der Waals surface area contributed by atoms with E-state index in [1.807, 2.05) is 0 Å². The summed E-state index contributed by atoms with van der Waals surface area (Å²) in [5.41, 5.74) is 0.809. The molecule has 2 heterocycles. The molecule has 2 atom stereocenters. The summed E-state index contributed by atoms with van der Waals surface area (Å²) in [6.45, 7) is 1.97. The van der Waals surface area contributed by atoms with E-state index < -0.39 is 15.8 Å². The Kier molecular flexibility index (Phi) is 4.44. The third-order valence-corrected chi connectivity index (χ3v) is 6.42. The summed E-state index contributed by atoms with van der Waals surface area (Å²) in [6, 6.07) is 4.54. The Balaban J connectivity index is 1.72. The van der Waals surface area contributed by atoms with Gasteiger partial charge in [0, 0.05) is 26.7 Å². The Labute approximate surface area is 134 Å². The zero-order chi connectivity index (χ0) is 15.9. The van der Waals surface area contributed by atoms with Gasteiger partial charge in [-0.15, -0.1) is 0 Å². The van der Waals surface area contributed by atoms with Gasteiger partial charge in [-0.05, 0) is 17.7 Å². The number of hydrogen-bond acceptors (Lipinski definition) is 4. The van der Waals surface area contributed by atoms with Gasteiger partial charge in [-0.1, -0.05) is 17.7 Å². The van der Waals surface area contributed by atoms with E-state index in [-0.39, 0.29) is 29.5 Å². The first kappa shape index (κ1) is 16.1. The highest BCUT2D eigenvalue weighted by atomic mass is 35.5. The number of benzene rings is 1. The summed E-state index contributed by atoms with van der Waals surface area (Å²) < 4.78 is 44.7. The van der Waals surface area contributed by atoms with Crippen LogP contribution in [-0.2, 0) is 21.3 Å². The van der Waals surface area contributed by atoms with Gasteiger partial charge in [-0.2, -0.15) is 4.31 Å². The van der Waals surface area contributed by atoms with Gasteiger partial charge in [0.1, 0.15) is 5.82 Å². The van der Waals surface area contributed by atoms with Crippen LogP contribution in [0.25, 0.3) is 0 Å². The molecule has 5 nitrogen and oxygen atoms in total. The van der Waals surface area contributed by atoms with Crippen LogP contribution in [0.2, 0.25) is 5.02 Å². The molecule has 0 aliphatic carbocycles. The Bertz CT molecular complexity index is 670. The van der Waals surface area contributed by atoms with E-state index in [0.717, 1.165) is 5.56 Å². The van der Waals surface area contributed by atoms with Crippen molar-refractivity contribution >= 4 is 21.6 Å². The van der Waals surface area contributed by atoms with Crippen molar-refractivity contribution in [2.45, 2.75) is 18.7 Å². The number of halogens is 2. The second kappa shape index (κ2) is 6.05. The molecule has 22 heavy (non-hydrogen) atoms. The fraction of sp³-hybridized carbons (Fsp3) is 0.571. The summed E-state index contributed by atoms with van der Waals surface area (Å²) >= 11 is 5.68. The molecular weight excluding hydrogens is 331 g/mol. The summed E-state index contributed by atoms with van der Waals surface area (Å²) in [5, 5.41) is 0.101. The van der Waals surface area contributed by atoms with E-state index in [1.165, 1.54) is 16.4 Å². The molecule has 0 bridgehead atoms. The fourth-order valence-corrected chi connectivity index (χ4v) is 4.35. The van der Waals surface area contributed by atoms with Crippen molar-refractivity contribution in [1.29, 1.82) is 0 Å². The van der Waals surface area contributed by atoms with E-state index in [9.17, 15) is 12.8 Å². The van der Waals surface area contributed by atoms with Crippen LogP contribution in [0.4, 0.5) is 4.39 Å². The molecule has 0 aromatic heterocycles. The van der Waals surface area contributed by atoms with E-state index in [4.69, 9.17) is 16.3 Å². The molecule has 1 aromatic rings. The van der Waals surface area contributed by atoms with Gasteiger partial charge in [-0.3, -0.25) is 4.90 Å². The van der Waals surface area contributed by atoms with Crippen LogP contribution in [0.15, 0.2) is 18.2 Å². The van der Waals surface area contributed by atoms with Crippen LogP contribution in [0.3, 0.4) is 0 Å². The normalized spacial score (nSPS) is 29.2. The van der Waals surface area contributed by atoms with Crippen LogP contribution in [-0.4, -0.2) is 62.3 Å². The molecular formula is C14H18ClFN2O3S. The predicted octanol–water partition coefficient (Wildman–Crippen LogP) is 1.32. The van der Waals surface area contributed by atoms with Gasteiger partial charge in [-0.25, -0.2) is 12.8 Å². The average molecular weight is 349 g/mol. The van der Waals surface area contributed by atoms with Crippen molar-refractivity contribution in [2.75, 3.05) is 32.5 Å². The standard InChI is InChI=1S/C14H18ClFN2O3S/c1-17-13-8-18(7-10-2-3-11(15)12(16)6-10)9-14(13)21-4-5-22(17,19)20/h2-3,6,13-14H,4-5,7-9H2,1H3/t13-,14+/m1/s1. The van der Waals surface area contributed by atoms with E-state index >= 15 is 0 Å². The molecule has 2 saturated heterocycles. The lowest BCUT2D eigenvalue weighted by Crippen LogP contribution is -2.43. The Morgan fingerprint density at radius 2 is 2.18 bits per heavy atom. The van der Waals surface area contributed by atoms with Gasteiger partial charge in [0.25, 0.3) is 0 Å². The van der Waals surface area contributed by atoms with Gasteiger partial charge in [0.05, 0.1) is 29.5 Å². The highest BCUT2D eigenvalue weighted by Crippen LogP contribution is 2.25. The molecule has 1 aromatic carbocycles. The first-order chi connectivity index (χ1) is 10.4. The molecule has 2 aliphatic rings. The second-order valence-electron chi connectivity index (χ2n) is 5.75. The van der Waals surface area contributed by atoms with Crippen LogP contribution in [0.1, 0.15) is 5.56 Å². The third kappa shape index (κ3) is 3.14. The highest BCUT2D eigenvalue weighted by molar-refractivity contribution is 7.89. The number of nitrogens with zero attached hydrogens (tertiary/aromatic N) is 2. The maximum atomic E-state index is 13.5. The Hall–Kier alpha value is -0.730. The van der Waals surface area contributed by atoms with Crippen molar-refractivity contribution in [3.63, 3.8) is 0 Å². The van der Waals surface area contributed by atoms with Crippen LogP contribution in [0, 0.1) is 5.82 Å². The molecule has 0 amide bonds. The molecule has 0 spiro atoms. The zero-order valence-corrected chi connectivity index (χ0v) is 13.8. The quantitative estimate of drug-likeness (QED) is 0.809. The number of likely N-dealkylation sites (N-methyl/N-ethyl adjacent to an activating group) is 1. The summed E-state index contributed by atoms with van der Waals surface area (Å²) in [4.78, 5) is 2.08. The summed E-state index contributed by atoms with van der Waals surface area (Å²) in [5.74, 6) is -0.414. The van der Waals surface area contributed by atoms with Crippen molar-refractivity contribution in [1.82, 2.24) is 9.21 Å². The second-order valence-corrected chi connectivity index (χ2v) is 8.31. The first-order valence-electron chi connectivity index (χ1n) is 7.10. The monoisotopic (exact) mass is 348 g/mol. The zero-order valence-electron chi connectivity index (χ0n) is 12.2. The first-order valence-corrected chi connectivity index (χ1v) is 9.09. The number of sulfonamides is 1. The minimum absolute atomic E-state index is 0.0267. The number of ether oxygens (including phenoxy) is 1. The lowest BCUT2D eigenvalue weighted by molar-refractivity contribution is 0.0500. The van der Waals surface area contributed by atoms with Crippen molar-refractivity contribution in [2.24, 2.45) is 0 Å². The molecule has 2 aliphatic heterocycles. The van der Waals surface area contributed by atoms with Gasteiger partial charge >= 0.3 is 0 Å². The Morgan fingerprint density at radius 3 is 2.91 bits per heavy atom. The molecule has 8 heteroatoms. The van der Waals surface area contributed by atoms with Crippen LogP contribution in [0.5, 0.6) is 0 Å². The molecule has 0 unspecified atom stereocenters. The number of hydrogen-bond donors (Lipinski definition) is 0. The third-order valence-electron chi connectivity index (χ3n) is 4.28. The van der Waals surface area contributed by atoms with Crippen molar-refractivity contribution < 1.29 is 17.5 Å². The summed E-state index contributed by atoms with van der Waals surface area (Å²) in [7, 11) is -1.65. The molecule has 3 rings (SSSR count). The van der Waals surface area contributed by atoms with E-state index in [0.29, 0.717) is 19.6 Å². The minimum atomic E-state index is -3.26. The van der Waals surface area contributed by atoms with E-state index in [1.54, 1.807) is 13.1 Å². The number of rotatable bonds is 2. The van der Waals surface area contributed by atoms with Gasteiger partial charge in [0.2, 0.25) is 10.0 Å². The maximum Gasteiger partial charge on any atom is 0.216 e. The van der Waals surface area contributed by atoms with Gasteiger partial charge in [0.15, 0.2) is 0 Å². The summed E-state index contributed by atoms with van der Waals surface area (Å²) in [6.07, 6.45) is -0.139. The highest BCUT2D eigenvalue weighted by Gasteiger charge is 2.42. The fourth-order valence-electron chi connectivity index (χ4n) is 3.03. The van der Waals surface area contributed by atoms with Gasteiger partial charge < -0.3 is 4.74 Å². The smallest absolute Gasteiger partial charge is 0.216 e. The topological polar surface area (TPSA) is 49.9 Å². The molecule has 2 fully saturated rings. The number of fused-ring (bicyclic) bond motifs is 1. The lowest BCUT2D eigenvalue weighted by atomic mass is 10.2.